The molecule has 0 aliphatic rings. The molecule has 2 rings (SSSR count). The van der Waals surface area contributed by atoms with E-state index in [1.807, 2.05) is 27.7 Å². The van der Waals surface area contributed by atoms with Gasteiger partial charge in [-0.05, 0) is 6.92 Å². The first-order valence-corrected chi connectivity index (χ1v) is 6.65. The Labute approximate surface area is 109 Å². The van der Waals surface area contributed by atoms with Gasteiger partial charge >= 0.3 is 0 Å². The Kier molecular flexibility index (Phi) is 3.34. The summed E-state index contributed by atoms with van der Waals surface area (Å²) in [5, 5.41) is 16.2. The minimum Gasteiger partial charge on any atom is -0.355 e. The summed E-state index contributed by atoms with van der Waals surface area (Å²) in [6.45, 7) is 8.16. The summed E-state index contributed by atoms with van der Waals surface area (Å²) in [6, 6.07) is 0. The third-order valence-electron chi connectivity index (χ3n) is 2.49. The molecule has 18 heavy (non-hydrogen) atoms. The van der Waals surface area contributed by atoms with E-state index in [0.717, 1.165) is 22.2 Å². The molecule has 2 heterocycles. The Hall–Kier alpha value is -1.50. The van der Waals surface area contributed by atoms with Crippen LogP contribution in [0.15, 0.2) is 0 Å². The van der Waals surface area contributed by atoms with Crippen molar-refractivity contribution in [2.45, 2.75) is 34.1 Å². The van der Waals surface area contributed by atoms with Gasteiger partial charge in [-0.25, -0.2) is 0 Å². The van der Waals surface area contributed by atoms with Crippen molar-refractivity contribution >= 4 is 22.2 Å². The molecule has 7 heteroatoms. The molecule has 0 aromatic carbocycles. The van der Waals surface area contributed by atoms with E-state index in [1.165, 1.54) is 11.3 Å². The van der Waals surface area contributed by atoms with Crippen molar-refractivity contribution in [3.05, 3.63) is 10.8 Å². The molecule has 0 aliphatic heterocycles. The number of carbonyl (C=O) groups excluding carboxylic acids is 1. The molecule has 2 aromatic rings. The molecular formula is C11H17N5OS. The molecule has 98 valence electrons. The normalized spacial score (nSPS) is 12.0. The summed E-state index contributed by atoms with van der Waals surface area (Å²) >= 11 is 1.50. The van der Waals surface area contributed by atoms with E-state index >= 15 is 0 Å². The molecule has 0 aliphatic carbocycles. The first kappa shape index (κ1) is 12.9. The summed E-state index contributed by atoms with van der Waals surface area (Å²) in [7, 11) is 0. The van der Waals surface area contributed by atoms with Gasteiger partial charge in [0.05, 0.1) is 0 Å². The van der Waals surface area contributed by atoms with Gasteiger partial charge in [0.1, 0.15) is 5.01 Å². The molecule has 0 spiro atoms. The van der Waals surface area contributed by atoms with Crippen LogP contribution in [0.2, 0.25) is 0 Å². The molecule has 1 N–H and O–H groups in total. The number of rotatable bonds is 3. The van der Waals surface area contributed by atoms with Crippen LogP contribution < -0.4 is 5.32 Å². The SMILES string of the molecule is Cc1nnc2sc(CCNC(=O)C(C)(C)C)nn12. The topological polar surface area (TPSA) is 72.2 Å². The van der Waals surface area contributed by atoms with Gasteiger partial charge in [0.15, 0.2) is 5.82 Å². The number of nitrogens with zero attached hydrogens (tertiary/aromatic N) is 4. The summed E-state index contributed by atoms with van der Waals surface area (Å²) in [6.07, 6.45) is 0.718. The summed E-state index contributed by atoms with van der Waals surface area (Å²) in [5.74, 6) is 0.841. The van der Waals surface area contributed by atoms with Crippen LogP contribution in [-0.4, -0.2) is 32.3 Å². The predicted octanol–water partition coefficient (Wildman–Crippen LogP) is 1.20. The van der Waals surface area contributed by atoms with Crippen molar-refractivity contribution in [1.29, 1.82) is 0 Å². The molecule has 0 unspecified atom stereocenters. The molecule has 0 saturated carbocycles. The van der Waals surface area contributed by atoms with Crippen molar-refractivity contribution in [3.63, 3.8) is 0 Å². The number of nitrogens with one attached hydrogen (secondary N) is 1. The minimum atomic E-state index is -0.349. The van der Waals surface area contributed by atoms with Gasteiger partial charge in [0.25, 0.3) is 0 Å². The maximum atomic E-state index is 11.7. The molecule has 0 fully saturated rings. The molecule has 0 saturated heterocycles. The maximum Gasteiger partial charge on any atom is 0.234 e. The highest BCUT2D eigenvalue weighted by Gasteiger charge is 2.20. The fourth-order valence-corrected chi connectivity index (χ4v) is 2.28. The Balaban J connectivity index is 1.92. The van der Waals surface area contributed by atoms with Crippen molar-refractivity contribution in [1.82, 2.24) is 25.1 Å². The largest absolute Gasteiger partial charge is 0.355 e. The first-order valence-electron chi connectivity index (χ1n) is 5.84. The van der Waals surface area contributed by atoms with Crippen LogP contribution >= 0.6 is 11.3 Å². The zero-order chi connectivity index (χ0) is 13.3. The Morgan fingerprint density at radius 3 is 2.72 bits per heavy atom. The van der Waals surface area contributed by atoms with Crippen LogP contribution in [0.25, 0.3) is 4.96 Å². The summed E-state index contributed by atoms with van der Waals surface area (Å²) in [5.41, 5.74) is -0.349. The highest BCUT2D eigenvalue weighted by molar-refractivity contribution is 7.16. The number of amides is 1. The molecule has 0 bridgehead atoms. The number of aryl methyl sites for hydroxylation is 1. The monoisotopic (exact) mass is 267 g/mol. The maximum absolute atomic E-state index is 11.7. The summed E-state index contributed by atoms with van der Waals surface area (Å²) in [4.78, 5) is 12.5. The zero-order valence-corrected chi connectivity index (χ0v) is 11.8. The fourth-order valence-electron chi connectivity index (χ4n) is 1.40. The van der Waals surface area contributed by atoms with Gasteiger partial charge in [0, 0.05) is 18.4 Å². The van der Waals surface area contributed by atoms with Crippen molar-refractivity contribution in [2.24, 2.45) is 5.41 Å². The lowest BCUT2D eigenvalue weighted by molar-refractivity contribution is -0.128. The second kappa shape index (κ2) is 4.64. The first-order chi connectivity index (χ1) is 8.38. The fraction of sp³-hybridized carbons (Fsp3) is 0.636. The van der Waals surface area contributed by atoms with Crippen LogP contribution in [-0.2, 0) is 11.2 Å². The van der Waals surface area contributed by atoms with E-state index in [-0.39, 0.29) is 11.3 Å². The van der Waals surface area contributed by atoms with Gasteiger partial charge in [-0.2, -0.15) is 9.61 Å². The summed E-state index contributed by atoms with van der Waals surface area (Å²) < 4.78 is 1.73. The van der Waals surface area contributed by atoms with Gasteiger partial charge in [-0.1, -0.05) is 32.1 Å². The van der Waals surface area contributed by atoms with E-state index in [9.17, 15) is 4.79 Å². The smallest absolute Gasteiger partial charge is 0.234 e. The van der Waals surface area contributed by atoms with Crippen molar-refractivity contribution in [2.75, 3.05) is 6.54 Å². The van der Waals surface area contributed by atoms with Crippen molar-refractivity contribution < 1.29 is 4.79 Å². The van der Waals surface area contributed by atoms with Crippen LogP contribution in [0.5, 0.6) is 0 Å². The van der Waals surface area contributed by atoms with Crippen LogP contribution in [0.1, 0.15) is 31.6 Å². The highest BCUT2D eigenvalue weighted by atomic mass is 32.1. The van der Waals surface area contributed by atoms with Crippen molar-refractivity contribution in [3.8, 4) is 0 Å². The van der Waals surface area contributed by atoms with Crippen LogP contribution in [0, 0.1) is 12.3 Å². The van der Waals surface area contributed by atoms with E-state index in [1.54, 1.807) is 4.52 Å². The van der Waals surface area contributed by atoms with Crippen LogP contribution in [0.4, 0.5) is 0 Å². The molecule has 0 atom stereocenters. The quantitative estimate of drug-likeness (QED) is 0.907. The van der Waals surface area contributed by atoms with E-state index in [0.29, 0.717) is 6.54 Å². The molecule has 6 nitrogen and oxygen atoms in total. The number of carbonyl (C=O) groups is 1. The average Bonchev–Trinajstić information content (AvgIpc) is 2.80. The number of hydrogen-bond acceptors (Lipinski definition) is 5. The van der Waals surface area contributed by atoms with E-state index in [2.05, 4.69) is 20.6 Å². The minimum absolute atomic E-state index is 0.0571. The Bertz CT molecular complexity index is 565. The van der Waals surface area contributed by atoms with Crippen LogP contribution in [0.3, 0.4) is 0 Å². The van der Waals surface area contributed by atoms with Gasteiger partial charge in [-0.15, -0.1) is 10.2 Å². The lowest BCUT2D eigenvalue weighted by Crippen LogP contribution is -2.35. The molecule has 2 aromatic heterocycles. The lowest BCUT2D eigenvalue weighted by Gasteiger charge is -2.17. The Morgan fingerprint density at radius 2 is 2.11 bits per heavy atom. The molecule has 1 amide bonds. The van der Waals surface area contributed by atoms with E-state index in [4.69, 9.17) is 0 Å². The third-order valence-corrected chi connectivity index (χ3v) is 3.45. The van der Waals surface area contributed by atoms with Gasteiger partial charge < -0.3 is 5.32 Å². The Morgan fingerprint density at radius 1 is 1.39 bits per heavy atom. The highest BCUT2D eigenvalue weighted by Crippen LogP contribution is 2.15. The molecular weight excluding hydrogens is 250 g/mol. The standard InChI is InChI=1S/C11H17N5OS/c1-7-13-14-10-16(7)15-8(18-10)5-6-12-9(17)11(2,3)4/h5-6H2,1-4H3,(H,12,17). The predicted molar refractivity (Wildman–Crippen MR) is 69.6 cm³/mol. The second-order valence-electron chi connectivity index (χ2n) is 5.19. The number of fused-ring (bicyclic) bond motifs is 1. The average molecular weight is 267 g/mol. The van der Waals surface area contributed by atoms with Gasteiger partial charge in [0.2, 0.25) is 10.9 Å². The van der Waals surface area contributed by atoms with Gasteiger partial charge in [-0.3, -0.25) is 4.79 Å². The lowest BCUT2D eigenvalue weighted by atomic mass is 9.96. The van der Waals surface area contributed by atoms with E-state index < -0.39 is 0 Å². The number of aromatic nitrogens is 4. The third kappa shape index (κ3) is 2.66. The number of hydrogen-bond donors (Lipinski definition) is 1. The second-order valence-corrected chi connectivity index (χ2v) is 6.23. The molecule has 0 radical (unpaired) electrons. The zero-order valence-electron chi connectivity index (χ0n) is 11.0.